The molecule has 0 unspecified atom stereocenters. The van der Waals surface area contributed by atoms with Crippen LogP contribution >= 0.6 is 0 Å². The van der Waals surface area contributed by atoms with Gasteiger partial charge >= 0.3 is 0 Å². The van der Waals surface area contributed by atoms with Gasteiger partial charge in [-0.1, -0.05) is 0 Å². The van der Waals surface area contributed by atoms with E-state index in [9.17, 15) is 4.39 Å². The fourth-order valence-corrected chi connectivity index (χ4v) is 2.42. The number of aromatic nitrogens is 2. The molecule has 0 atom stereocenters. The highest BCUT2D eigenvalue weighted by atomic mass is 19.1. The van der Waals surface area contributed by atoms with Crippen LogP contribution in [0.15, 0.2) is 30.3 Å². The first kappa shape index (κ1) is 12.2. The number of rotatable bonds is 2. The summed E-state index contributed by atoms with van der Waals surface area (Å²) in [5.74, 6) is 0.995. The fraction of sp³-hybridized carbons (Fsp3) is 0.333. The number of hydrogen-bond acceptors (Lipinski definition) is 3. The molecule has 1 aliphatic carbocycles. The Morgan fingerprint density at radius 3 is 2.47 bits per heavy atom. The van der Waals surface area contributed by atoms with Crippen LogP contribution in [0.1, 0.15) is 30.3 Å². The van der Waals surface area contributed by atoms with Crippen molar-refractivity contribution in [1.82, 2.24) is 9.97 Å². The number of hydrogen-bond donors (Lipinski definition) is 1. The molecular weight excluding hydrogens is 241 g/mol. The van der Waals surface area contributed by atoms with Crippen LogP contribution in [-0.4, -0.2) is 16.0 Å². The van der Waals surface area contributed by atoms with Gasteiger partial charge < -0.3 is 5.73 Å². The summed E-state index contributed by atoms with van der Waals surface area (Å²) in [7, 11) is 0. The molecule has 1 aliphatic rings. The van der Waals surface area contributed by atoms with Gasteiger partial charge in [-0.25, -0.2) is 14.4 Å². The van der Waals surface area contributed by atoms with Gasteiger partial charge in [0.2, 0.25) is 0 Å². The predicted molar refractivity (Wildman–Crippen MR) is 72.1 cm³/mol. The lowest BCUT2D eigenvalue weighted by molar-refractivity contribution is 0.338. The first-order chi connectivity index (χ1) is 9.11. The number of benzene rings is 1. The number of halogens is 1. The van der Waals surface area contributed by atoms with Crippen LogP contribution in [0, 0.1) is 12.7 Å². The van der Waals surface area contributed by atoms with Gasteiger partial charge in [0.05, 0.1) is 5.69 Å². The average Bonchev–Trinajstić information content (AvgIpc) is 2.35. The molecule has 3 nitrogen and oxygen atoms in total. The maximum Gasteiger partial charge on any atom is 0.132 e. The monoisotopic (exact) mass is 257 g/mol. The number of aryl methyl sites for hydroxylation is 1. The fourth-order valence-electron chi connectivity index (χ4n) is 2.42. The Morgan fingerprint density at radius 2 is 1.84 bits per heavy atom. The standard InChI is InChI=1S/C15H16FN3/c1-9-6-14(10-2-4-12(16)5-3-10)19-15(18-9)11-7-13(17)8-11/h2-6,11,13H,7-8,17H2,1H3. The summed E-state index contributed by atoms with van der Waals surface area (Å²) in [5, 5.41) is 0. The van der Waals surface area contributed by atoms with Crippen LogP contribution in [0.4, 0.5) is 4.39 Å². The highest BCUT2D eigenvalue weighted by Crippen LogP contribution is 2.34. The number of nitrogens with two attached hydrogens (primary N) is 1. The molecule has 1 aromatic heterocycles. The van der Waals surface area contributed by atoms with Crippen molar-refractivity contribution in [3.05, 3.63) is 47.7 Å². The second-order valence-electron chi connectivity index (χ2n) is 5.19. The Bertz CT molecular complexity index is 589. The van der Waals surface area contributed by atoms with Crippen LogP contribution in [-0.2, 0) is 0 Å². The molecule has 0 amide bonds. The van der Waals surface area contributed by atoms with Gasteiger partial charge in [0, 0.05) is 23.2 Å². The minimum absolute atomic E-state index is 0.236. The van der Waals surface area contributed by atoms with Gasteiger partial charge in [-0.2, -0.15) is 0 Å². The molecule has 0 saturated heterocycles. The van der Waals surface area contributed by atoms with Crippen molar-refractivity contribution in [3.63, 3.8) is 0 Å². The zero-order chi connectivity index (χ0) is 13.4. The Balaban J connectivity index is 1.95. The van der Waals surface area contributed by atoms with E-state index in [4.69, 9.17) is 5.73 Å². The van der Waals surface area contributed by atoms with Gasteiger partial charge in [-0.05, 0) is 50.1 Å². The van der Waals surface area contributed by atoms with E-state index in [1.807, 2.05) is 13.0 Å². The summed E-state index contributed by atoms with van der Waals surface area (Å²) in [6.45, 7) is 1.96. The smallest absolute Gasteiger partial charge is 0.132 e. The van der Waals surface area contributed by atoms with Crippen molar-refractivity contribution in [2.45, 2.75) is 31.7 Å². The lowest BCUT2D eigenvalue weighted by atomic mass is 9.80. The zero-order valence-electron chi connectivity index (χ0n) is 10.8. The highest BCUT2D eigenvalue weighted by molar-refractivity contribution is 5.59. The molecule has 2 aromatic rings. The molecule has 0 bridgehead atoms. The number of nitrogens with zero attached hydrogens (tertiary/aromatic N) is 2. The maximum absolute atomic E-state index is 12.9. The molecule has 4 heteroatoms. The van der Waals surface area contributed by atoms with Gasteiger partial charge in [0.15, 0.2) is 0 Å². The summed E-state index contributed by atoms with van der Waals surface area (Å²) in [5.41, 5.74) is 8.51. The molecule has 0 aliphatic heterocycles. The minimum atomic E-state index is -0.236. The van der Waals surface area contributed by atoms with Crippen LogP contribution in [0.2, 0.25) is 0 Å². The van der Waals surface area contributed by atoms with E-state index < -0.39 is 0 Å². The molecular formula is C15H16FN3. The molecule has 1 saturated carbocycles. The first-order valence-electron chi connectivity index (χ1n) is 6.49. The molecule has 2 N–H and O–H groups in total. The second kappa shape index (κ2) is 4.70. The summed E-state index contributed by atoms with van der Waals surface area (Å²) in [6, 6.07) is 8.59. The molecule has 1 aromatic carbocycles. The minimum Gasteiger partial charge on any atom is -0.328 e. The quantitative estimate of drug-likeness (QED) is 0.900. The van der Waals surface area contributed by atoms with Crippen LogP contribution in [0.5, 0.6) is 0 Å². The van der Waals surface area contributed by atoms with Crippen LogP contribution in [0.25, 0.3) is 11.3 Å². The Hall–Kier alpha value is -1.81. The van der Waals surface area contributed by atoms with E-state index in [2.05, 4.69) is 9.97 Å². The van der Waals surface area contributed by atoms with E-state index in [0.717, 1.165) is 35.6 Å². The van der Waals surface area contributed by atoms with Crippen LogP contribution < -0.4 is 5.73 Å². The van der Waals surface area contributed by atoms with Crippen molar-refractivity contribution < 1.29 is 4.39 Å². The third kappa shape index (κ3) is 2.49. The summed E-state index contributed by atoms with van der Waals surface area (Å²) in [6.07, 6.45) is 1.90. The molecule has 3 rings (SSSR count). The van der Waals surface area contributed by atoms with Crippen molar-refractivity contribution in [3.8, 4) is 11.3 Å². The van der Waals surface area contributed by atoms with Gasteiger partial charge in [0.25, 0.3) is 0 Å². The van der Waals surface area contributed by atoms with E-state index in [1.165, 1.54) is 12.1 Å². The molecule has 19 heavy (non-hydrogen) atoms. The largest absolute Gasteiger partial charge is 0.328 e. The summed E-state index contributed by atoms with van der Waals surface area (Å²) in [4.78, 5) is 9.09. The average molecular weight is 257 g/mol. The molecule has 0 spiro atoms. The Labute approximate surface area is 111 Å². The first-order valence-corrected chi connectivity index (χ1v) is 6.49. The predicted octanol–water partition coefficient (Wildman–Crippen LogP) is 2.80. The van der Waals surface area contributed by atoms with Gasteiger partial charge in [-0.15, -0.1) is 0 Å². The van der Waals surface area contributed by atoms with Gasteiger partial charge in [0.1, 0.15) is 11.6 Å². The summed E-state index contributed by atoms with van der Waals surface area (Å²) < 4.78 is 12.9. The van der Waals surface area contributed by atoms with E-state index in [1.54, 1.807) is 12.1 Å². The normalized spacial score (nSPS) is 22.1. The molecule has 0 radical (unpaired) electrons. The SMILES string of the molecule is Cc1cc(-c2ccc(F)cc2)nc(C2CC(N)C2)n1. The molecule has 1 fully saturated rings. The van der Waals surface area contributed by atoms with Crippen molar-refractivity contribution in [2.75, 3.05) is 0 Å². The lowest BCUT2D eigenvalue weighted by Gasteiger charge is -2.31. The van der Waals surface area contributed by atoms with E-state index in [-0.39, 0.29) is 11.9 Å². The lowest BCUT2D eigenvalue weighted by Crippen LogP contribution is -2.35. The second-order valence-corrected chi connectivity index (χ2v) is 5.19. The van der Waals surface area contributed by atoms with E-state index >= 15 is 0 Å². The topological polar surface area (TPSA) is 51.8 Å². The Kier molecular flexibility index (Phi) is 3.03. The molecule has 1 heterocycles. The van der Waals surface area contributed by atoms with Gasteiger partial charge in [-0.3, -0.25) is 0 Å². The van der Waals surface area contributed by atoms with Crippen molar-refractivity contribution in [2.24, 2.45) is 5.73 Å². The van der Waals surface area contributed by atoms with Crippen LogP contribution in [0.3, 0.4) is 0 Å². The van der Waals surface area contributed by atoms with Crippen molar-refractivity contribution in [1.29, 1.82) is 0 Å². The third-order valence-corrected chi connectivity index (χ3v) is 3.55. The van der Waals surface area contributed by atoms with E-state index in [0.29, 0.717) is 5.92 Å². The zero-order valence-corrected chi connectivity index (χ0v) is 10.8. The van der Waals surface area contributed by atoms with Crippen molar-refractivity contribution >= 4 is 0 Å². The third-order valence-electron chi connectivity index (χ3n) is 3.55. The Morgan fingerprint density at radius 1 is 1.16 bits per heavy atom. The highest BCUT2D eigenvalue weighted by Gasteiger charge is 2.29. The molecule has 98 valence electrons. The summed E-state index contributed by atoms with van der Waals surface area (Å²) >= 11 is 0. The maximum atomic E-state index is 12.9.